The highest BCUT2D eigenvalue weighted by atomic mass is 16.5. The summed E-state index contributed by atoms with van der Waals surface area (Å²) in [7, 11) is 0. The van der Waals surface area contributed by atoms with E-state index in [1.165, 1.54) is 0 Å². The normalized spacial score (nSPS) is 11.9. The largest absolute Gasteiger partial charge is 0.370 e. The van der Waals surface area contributed by atoms with Crippen LogP contribution in [0, 0.1) is 17.2 Å². The van der Waals surface area contributed by atoms with Crippen LogP contribution in [0.5, 0.6) is 0 Å². The van der Waals surface area contributed by atoms with Crippen LogP contribution in [0.15, 0.2) is 0 Å². The molecule has 1 atom stereocenters. The van der Waals surface area contributed by atoms with E-state index in [-0.39, 0.29) is 18.4 Å². The van der Waals surface area contributed by atoms with Gasteiger partial charge in [0.15, 0.2) is 0 Å². The highest BCUT2D eigenvalue weighted by Gasteiger charge is 2.14. The Balaban J connectivity index is 3.94. The van der Waals surface area contributed by atoms with Crippen molar-refractivity contribution >= 4 is 5.91 Å². The van der Waals surface area contributed by atoms with Crippen LogP contribution >= 0.6 is 0 Å². The Hall–Kier alpha value is -1.12. The van der Waals surface area contributed by atoms with Crippen LogP contribution in [0.2, 0.25) is 0 Å². The first-order valence-electron chi connectivity index (χ1n) is 5.10. The van der Waals surface area contributed by atoms with Crippen LogP contribution in [-0.2, 0) is 9.53 Å². The number of ether oxygens (including phenoxy) is 1. The zero-order chi connectivity index (χ0) is 11.7. The van der Waals surface area contributed by atoms with Crippen molar-refractivity contribution in [2.45, 2.75) is 13.8 Å². The van der Waals surface area contributed by atoms with Crippen LogP contribution < -0.4 is 5.73 Å². The Kier molecular flexibility index (Phi) is 7.60. The molecule has 0 aliphatic heterocycles. The number of nitriles is 1. The molecule has 0 spiro atoms. The molecule has 0 aliphatic rings. The molecule has 0 aliphatic carbocycles. The summed E-state index contributed by atoms with van der Waals surface area (Å²) in [6.45, 7) is 5.56. The van der Waals surface area contributed by atoms with Crippen molar-refractivity contribution in [1.29, 1.82) is 5.26 Å². The van der Waals surface area contributed by atoms with Crippen molar-refractivity contribution in [2.75, 3.05) is 32.8 Å². The number of hydrogen-bond donors (Lipinski definition) is 1. The summed E-state index contributed by atoms with van der Waals surface area (Å²) in [5.74, 6) is -0.239. The number of carbonyl (C=O) groups excluding carboxylic acids is 1. The van der Waals surface area contributed by atoms with E-state index in [1.54, 1.807) is 11.8 Å². The lowest BCUT2D eigenvalue weighted by atomic mass is 10.2. The Labute approximate surface area is 90.8 Å². The molecule has 15 heavy (non-hydrogen) atoms. The van der Waals surface area contributed by atoms with Crippen molar-refractivity contribution in [3.05, 3.63) is 0 Å². The fourth-order valence-corrected chi connectivity index (χ4v) is 1.11. The van der Waals surface area contributed by atoms with Crippen LogP contribution in [0.1, 0.15) is 13.8 Å². The SMILES string of the molecule is CCN(CC(C)C#N)C(=O)COCCN. The zero-order valence-electron chi connectivity index (χ0n) is 9.40. The minimum Gasteiger partial charge on any atom is -0.370 e. The second-order valence-electron chi connectivity index (χ2n) is 3.30. The first kappa shape index (κ1) is 13.9. The number of rotatable bonds is 7. The maximum absolute atomic E-state index is 11.6. The Morgan fingerprint density at radius 1 is 1.67 bits per heavy atom. The fourth-order valence-electron chi connectivity index (χ4n) is 1.11. The van der Waals surface area contributed by atoms with E-state index in [4.69, 9.17) is 15.7 Å². The second kappa shape index (κ2) is 8.21. The summed E-state index contributed by atoms with van der Waals surface area (Å²) in [5.41, 5.74) is 5.23. The summed E-state index contributed by atoms with van der Waals surface area (Å²) in [6.07, 6.45) is 0. The molecular weight excluding hydrogens is 194 g/mol. The van der Waals surface area contributed by atoms with Crippen LogP contribution in [0.3, 0.4) is 0 Å². The van der Waals surface area contributed by atoms with E-state index in [1.807, 2.05) is 6.92 Å². The lowest BCUT2D eigenvalue weighted by molar-refractivity contribution is -0.136. The third-order valence-electron chi connectivity index (χ3n) is 1.94. The average Bonchev–Trinajstić information content (AvgIpc) is 2.25. The molecule has 86 valence electrons. The van der Waals surface area contributed by atoms with Gasteiger partial charge in [0.05, 0.1) is 18.6 Å². The lowest BCUT2D eigenvalue weighted by Gasteiger charge is -2.21. The molecule has 1 unspecified atom stereocenters. The minimum atomic E-state index is -0.150. The van der Waals surface area contributed by atoms with Crippen LogP contribution in [0.4, 0.5) is 0 Å². The van der Waals surface area contributed by atoms with Gasteiger partial charge in [-0.25, -0.2) is 0 Å². The van der Waals surface area contributed by atoms with Crippen molar-refractivity contribution in [3.63, 3.8) is 0 Å². The van der Waals surface area contributed by atoms with Gasteiger partial charge in [-0.3, -0.25) is 4.79 Å². The molecule has 0 rings (SSSR count). The molecule has 0 aromatic heterocycles. The van der Waals surface area contributed by atoms with Gasteiger partial charge in [0.25, 0.3) is 0 Å². The van der Waals surface area contributed by atoms with Crippen LogP contribution in [0.25, 0.3) is 0 Å². The first-order valence-corrected chi connectivity index (χ1v) is 5.10. The molecule has 2 N–H and O–H groups in total. The maximum atomic E-state index is 11.6. The van der Waals surface area contributed by atoms with Crippen molar-refractivity contribution < 1.29 is 9.53 Å². The molecule has 0 aromatic carbocycles. The summed E-state index contributed by atoms with van der Waals surface area (Å²) in [6, 6.07) is 2.10. The van der Waals surface area contributed by atoms with Gasteiger partial charge in [-0.05, 0) is 13.8 Å². The molecule has 0 bridgehead atoms. The van der Waals surface area contributed by atoms with Gasteiger partial charge in [0.1, 0.15) is 6.61 Å². The average molecular weight is 213 g/mol. The van der Waals surface area contributed by atoms with Gasteiger partial charge < -0.3 is 15.4 Å². The zero-order valence-corrected chi connectivity index (χ0v) is 9.40. The van der Waals surface area contributed by atoms with Gasteiger partial charge in [-0.2, -0.15) is 5.26 Å². The third-order valence-corrected chi connectivity index (χ3v) is 1.94. The van der Waals surface area contributed by atoms with Crippen molar-refractivity contribution in [1.82, 2.24) is 4.90 Å². The molecule has 1 amide bonds. The number of amides is 1. The highest BCUT2D eigenvalue weighted by molar-refractivity contribution is 5.77. The Bertz CT molecular complexity index is 225. The third kappa shape index (κ3) is 6.05. The highest BCUT2D eigenvalue weighted by Crippen LogP contribution is 1.99. The van der Waals surface area contributed by atoms with E-state index in [0.717, 1.165) is 0 Å². The van der Waals surface area contributed by atoms with Gasteiger partial charge in [-0.1, -0.05) is 0 Å². The summed E-state index contributed by atoms with van der Waals surface area (Å²) in [5, 5.41) is 8.64. The second-order valence-corrected chi connectivity index (χ2v) is 3.30. The standard InChI is InChI=1S/C10H19N3O2/c1-3-13(7-9(2)6-12)10(14)8-15-5-4-11/h9H,3-5,7-8,11H2,1-2H3. The van der Waals surface area contributed by atoms with Crippen LogP contribution in [-0.4, -0.2) is 43.7 Å². The number of likely N-dealkylation sites (N-methyl/N-ethyl adjacent to an activating group) is 1. The maximum Gasteiger partial charge on any atom is 0.248 e. The molecule has 0 aromatic rings. The van der Waals surface area contributed by atoms with Gasteiger partial charge in [0, 0.05) is 19.6 Å². The molecule has 5 heteroatoms. The predicted octanol–water partition coefficient (Wildman–Crippen LogP) is -0.0301. The molecular formula is C10H19N3O2. The van der Waals surface area contributed by atoms with E-state index in [9.17, 15) is 4.79 Å². The lowest BCUT2D eigenvalue weighted by Crippen LogP contribution is -2.37. The topological polar surface area (TPSA) is 79.3 Å². The Morgan fingerprint density at radius 2 is 2.33 bits per heavy atom. The number of nitrogens with two attached hydrogens (primary N) is 1. The molecule has 0 radical (unpaired) electrons. The Morgan fingerprint density at radius 3 is 2.80 bits per heavy atom. The molecule has 0 heterocycles. The van der Waals surface area contributed by atoms with Gasteiger partial charge in [0.2, 0.25) is 5.91 Å². The van der Waals surface area contributed by atoms with Gasteiger partial charge in [-0.15, -0.1) is 0 Å². The van der Waals surface area contributed by atoms with Gasteiger partial charge >= 0.3 is 0 Å². The summed E-state index contributed by atoms with van der Waals surface area (Å²) < 4.78 is 5.04. The summed E-state index contributed by atoms with van der Waals surface area (Å²) >= 11 is 0. The number of hydrogen-bond acceptors (Lipinski definition) is 4. The van der Waals surface area contributed by atoms with Crippen molar-refractivity contribution in [3.8, 4) is 6.07 Å². The van der Waals surface area contributed by atoms with E-state index in [2.05, 4.69) is 6.07 Å². The first-order chi connectivity index (χ1) is 7.15. The predicted molar refractivity (Wildman–Crippen MR) is 56.9 cm³/mol. The molecule has 0 fully saturated rings. The van der Waals surface area contributed by atoms with E-state index in [0.29, 0.717) is 26.2 Å². The molecule has 0 saturated heterocycles. The fraction of sp³-hybridized carbons (Fsp3) is 0.800. The molecule has 0 saturated carbocycles. The summed E-state index contributed by atoms with van der Waals surface area (Å²) in [4.78, 5) is 13.2. The van der Waals surface area contributed by atoms with E-state index < -0.39 is 0 Å². The molecule has 5 nitrogen and oxygen atoms in total. The number of carbonyl (C=O) groups is 1. The van der Waals surface area contributed by atoms with Crippen molar-refractivity contribution in [2.24, 2.45) is 11.7 Å². The smallest absolute Gasteiger partial charge is 0.248 e. The quantitative estimate of drug-likeness (QED) is 0.602. The number of nitrogens with zero attached hydrogens (tertiary/aromatic N) is 2. The minimum absolute atomic E-state index is 0.0448. The monoisotopic (exact) mass is 213 g/mol. The van der Waals surface area contributed by atoms with E-state index >= 15 is 0 Å².